The first-order chi connectivity index (χ1) is 30.1. The monoisotopic (exact) mass is 822 g/mol. The second-order valence-corrected chi connectivity index (χ2v) is 25.7. The highest BCUT2D eigenvalue weighted by Crippen LogP contribution is 2.93. The lowest BCUT2D eigenvalue weighted by Crippen LogP contribution is -2.59. The number of nitrogens with zero attached hydrogens (tertiary/aromatic N) is 1. The summed E-state index contributed by atoms with van der Waals surface area (Å²) in [6, 6.07) is 4.66. The fraction of sp³-hybridized carbons (Fsp3) is 0.818. The molecule has 28 atom stereocenters. The maximum atomic E-state index is 6.57. The molecule has 0 amide bonds. The van der Waals surface area contributed by atoms with Gasteiger partial charge in [-0.3, -0.25) is 4.90 Å². The second kappa shape index (κ2) is 10.8. The number of hydrogen-bond donors (Lipinski definition) is 0. The topological polar surface area (TPSA) is 49.4 Å². The summed E-state index contributed by atoms with van der Waals surface area (Å²) >= 11 is 0. The van der Waals surface area contributed by atoms with Crippen molar-refractivity contribution in [3.63, 3.8) is 0 Å². The summed E-state index contributed by atoms with van der Waals surface area (Å²) in [5.41, 5.74) is 9.96. The van der Waals surface area contributed by atoms with Crippen LogP contribution in [-0.4, -0.2) is 66.2 Å². The zero-order valence-electron chi connectivity index (χ0n) is 36.9. The van der Waals surface area contributed by atoms with Crippen LogP contribution in [0.5, 0.6) is 17.2 Å². The van der Waals surface area contributed by atoms with Crippen LogP contribution >= 0.6 is 0 Å². The van der Waals surface area contributed by atoms with Crippen LogP contribution in [0.15, 0.2) is 34.4 Å². The van der Waals surface area contributed by atoms with Gasteiger partial charge in [0, 0.05) is 55.6 Å². The third-order valence-corrected chi connectivity index (χ3v) is 25.9. The largest absolute Gasteiger partial charge is 0.496 e. The van der Waals surface area contributed by atoms with E-state index in [2.05, 4.69) is 28.2 Å². The summed E-state index contributed by atoms with van der Waals surface area (Å²) in [5, 5.41) is 0. The van der Waals surface area contributed by atoms with E-state index >= 15 is 0 Å². The van der Waals surface area contributed by atoms with Crippen LogP contribution in [0.25, 0.3) is 0 Å². The Balaban J connectivity index is 0.911. The number of hydrogen-bond acceptors (Lipinski definition) is 6. The predicted molar refractivity (Wildman–Crippen MR) is 227 cm³/mol. The molecule has 18 rings (SSSR count). The molecule has 6 nitrogen and oxygen atoms in total. The molecule has 1 aliphatic heterocycles. The van der Waals surface area contributed by atoms with Crippen LogP contribution in [0, 0.1) is 159 Å². The number of rotatable bonds is 10. The molecule has 28 unspecified atom stereocenters. The predicted octanol–water partition coefficient (Wildman–Crippen LogP) is 8.67. The van der Waals surface area contributed by atoms with Crippen molar-refractivity contribution in [3.05, 3.63) is 40.0 Å². The Hall–Kier alpha value is -2.02. The number of methoxy groups -OCH3 is 4. The van der Waals surface area contributed by atoms with Crippen molar-refractivity contribution in [3.8, 4) is 17.2 Å². The summed E-state index contributed by atoms with van der Waals surface area (Å²) in [6.07, 6.45) is 12.4. The van der Waals surface area contributed by atoms with Crippen LogP contribution in [-0.2, 0) is 9.47 Å². The molecule has 322 valence electrons. The quantitative estimate of drug-likeness (QED) is 0.174. The zero-order valence-corrected chi connectivity index (χ0v) is 36.9. The summed E-state index contributed by atoms with van der Waals surface area (Å²) in [7, 11) is 7.41. The molecule has 0 aromatic heterocycles. The molecule has 17 aliphatic rings. The van der Waals surface area contributed by atoms with Gasteiger partial charge in [0.25, 0.3) is 0 Å². The number of fused-ring (bicyclic) bond motifs is 1. The van der Waals surface area contributed by atoms with E-state index in [-0.39, 0.29) is 11.5 Å². The Labute approximate surface area is 362 Å². The molecular weight excluding hydrogens is 755 g/mol. The Morgan fingerprint density at radius 3 is 1.90 bits per heavy atom. The van der Waals surface area contributed by atoms with Crippen LogP contribution in [0.4, 0.5) is 0 Å². The van der Waals surface area contributed by atoms with Gasteiger partial charge in [-0.1, -0.05) is 22.3 Å². The van der Waals surface area contributed by atoms with Gasteiger partial charge in [-0.15, -0.1) is 0 Å². The molecule has 1 aromatic rings. The third-order valence-electron chi connectivity index (χ3n) is 25.9. The summed E-state index contributed by atoms with van der Waals surface area (Å²) in [6.45, 7) is 4.20. The van der Waals surface area contributed by atoms with Gasteiger partial charge in [0.15, 0.2) is 0 Å². The van der Waals surface area contributed by atoms with Crippen LogP contribution < -0.4 is 14.2 Å². The molecule has 14 fully saturated rings. The van der Waals surface area contributed by atoms with Crippen LogP contribution in [0.3, 0.4) is 0 Å². The van der Waals surface area contributed by atoms with E-state index in [9.17, 15) is 0 Å². The first-order valence-corrected chi connectivity index (χ1v) is 26.1. The third kappa shape index (κ3) is 3.32. The van der Waals surface area contributed by atoms with Crippen LogP contribution in [0.1, 0.15) is 63.0 Å². The lowest BCUT2D eigenvalue weighted by Gasteiger charge is -2.62. The number of benzene rings is 1. The Morgan fingerprint density at radius 2 is 1.20 bits per heavy atom. The lowest BCUT2D eigenvalue weighted by atomic mass is 9.41. The first kappa shape index (κ1) is 34.3. The van der Waals surface area contributed by atoms with E-state index in [0.717, 1.165) is 178 Å². The molecule has 1 heterocycles. The Bertz CT molecular complexity index is 2270. The van der Waals surface area contributed by atoms with Gasteiger partial charge < -0.3 is 23.7 Å². The van der Waals surface area contributed by atoms with Crippen molar-refractivity contribution < 1.29 is 23.7 Å². The summed E-state index contributed by atoms with van der Waals surface area (Å²) in [4.78, 5) is 2.97. The Kier molecular flexibility index (Phi) is 6.08. The average Bonchev–Trinajstić information content (AvgIpc) is 4.13. The van der Waals surface area contributed by atoms with E-state index in [1.165, 1.54) is 31.4 Å². The molecule has 1 spiro atoms. The lowest BCUT2D eigenvalue weighted by molar-refractivity contribution is -0.149. The molecule has 13 saturated carbocycles. The van der Waals surface area contributed by atoms with Crippen LogP contribution in [0.2, 0.25) is 0 Å². The second-order valence-electron chi connectivity index (χ2n) is 25.7. The summed E-state index contributed by atoms with van der Waals surface area (Å²) < 4.78 is 31.0. The molecule has 0 N–H and O–H groups in total. The highest BCUT2D eigenvalue weighted by molar-refractivity contribution is 5.59. The first-order valence-electron chi connectivity index (χ1n) is 26.1. The molecule has 61 heavy (non-hydrogen) atoms. The maximum Gasteiger partial charge on any atom is 0.131 e. The zero-order chi connectivity index (χ0) is 39.4. The van der Waals surface area contributed by atoms with Gasteiger partial charge >= 0.3 is 0 Å². The SMILES string of the molecule is COCCOCCN1CC2C3=C4C5C6=C(C3)CC3CC7CC8CC9CC%10CC%11CC2(C2C4C4C5C5C(C63)C7C3C8C9C6C%10C(C4C6C35)C%112)C1c1c(OC)cc(OC)cc1OC. The van der Waals surface area contributed by atoms with Gasteiger partial charge in [0.1, 0.15) is 17.2 Å². The smallest absolute Gasteiger partial charge is 0.131 e. The minimum absolute atomic E-state index is 0.198. The molecule has 0 bridgehead atoms. The van der Waals surface area contributed by atoms with Crippen molar-refractivity contribution in [1.82, 2.24) is 4.90 Å². The van der Waals surface area contributed by atoms with Gasteiger partial charge in [-0.2, -0.15) is 0 Å². The molecule has 16 aliphatic carbocycles. The van der Waals surface area contributed by atoms with Gasteiger partial charge in [-0.25, -0.2) is 0 Å². The minimum atomic E-state index is 0.198. The van der Waals surface area contributed by atoms with Gasteiger partial charge in [0.2, 0.25) is 0 Å². The number of ether oxygens (including phenoxy) is 5. The average molecular weight is 822 g/mol. The standard InChI is InChI=1S/C55H67NO5/c1-57-7-8-61-6-5-56-19-29-28-15-25-13-22-11-23-10-20-9-21-12-24-14-26-18-55(29,54(56)40-30(59-3)16-27(58-2)17-31(40)60-4)53-38(26)44-37(24)43-33(21)32(20)41-36(23)42-34(22)35(25)45-39(28)52(53)51-49(44)47(43)46(41)48(42)50(45)51/h16-17,20-24,26,29,32-34,36-38,41-54H,5-15,18-19H2,1-4H3. The number of likely N-dealkylation sites (tertiary alicyclic amines) is 1. The molecule has 0 radical (unpaired) electrons. The number of allylic oxidation sites excluding steroid dienone is 3. The highest BCUT2D eigenvalue weighted by atomic mass is 16.5. The van der Waals surface area contributed by atoms with Crippen molar-refractivity contribution in [1.29, 1.82) is 0 Å². The van der Waals surface area contributed by atoms with Gasteiger partial charge in [-0.05, 0) is 193 Å². The molecular formula is C55H67NO5. The van der Waals surface area contributed by atoms with E-state index in [0.29, 0.717) is 19.1 Å². The highest BCUT2D eigenvalue weighted by Gasteiger charge is 2.88. The van der Waals surface area contributed by atoms with E-state index in [4.69, 9.17) is 23.7 Å². The van der Waals surface area contributed by atoms with Crippen molar-refractivity contribution >= 4 is 0 Å². The molecule has 1 aromatic carbocycles. The Morgan fingerprint density at radius 1 is 0.590 bits per heavy atom. The molecule has 1 saturated heterocycles. The van der Waals surface area contributed by atoms with E-state index < -0.39 is 0 Å². The fourth-order valence-electron chi connectivity index (χ4n) is 26.9. The normalized spacial score (nSPS) is 61.0. The van der Waals surface area contributed by atoms with E-state index in [1.807, 2.05) is 25.4 Å². The summed E-state index contributed by atoms with van der Waals surface area (Å²) in [5.74, 6) is 29.0. The van der Waals surface area contributed by atoms with Crippen molar-refractivity contribution in [2.45, 2.75) is 57.4 Å². The molecule has 6 heteroatoms. The van der Waals surface area contributed by atoms with E-state index in [1.54, 1.807) is 46.3 Å². The van der Waals surface area contributed by atoms with Gasteiger partial charge in [0.05, 0.1) is 46.7 Å². The fourth-order valence-corrected chi connectivity index (χ4v) is 26.9. The van der Waals surface area contributed by atoms with Crippen molar-refractivity contribution in [2.75, 3.05) is 61.3 Å². The van der Waals surface area contributed by atoms with Crippen molar-refractivity contribution in [2.24, 2.45) is 159 Å². The maximum absolute atomic E-state index is 6.57. The minimum Gasteiger partial charge on any atom is -0.496 e.